The Morgan fingerprint density at radius 3 is 2.33 bits per heavy atom. The Hall–Kier alpha value is -2.86. The average molecular weight is 367 g/mol. The van der Waals surface area contributed by atoms with Gasteiger partial charge in [-0.05, 0) is 28.7 Å². The first-order valence-corrected chi connectivity index (χ1v) is 9.09. The summed E-state index contributed by atoms with van der Waals surface area (Å²) in [5.41, 5.74) is 4.67. The molecule has 1 heterocycles. The molecular weight excluding hydrogens is 346 g/mol. The lowest BCUT2D eigenvalue weighted by atomic mass is 9.98. The van der Waals surface area contributed by atoms with Gasteiger partial charge in [-0.25, -0.2) is 9.59 Å². The number of amides is 1. The standard InChI is InChI=1S/C21H21NO5/c23-20(24)19-11-13(9-10-26-19)22-21(25)27-12-18-16-7-3-1-5-14(16)15-6-2-4-8-17(15)18/h1-8,13,18-19H,9-12H2,(H,22,25)(H,23,24)/t13-,19-/m0/s1. The second-order valence-corrected chi connectivity index (χ2v) is 6.89. The highest BCUT2D eigenvalue weighted by atomic mass is 16.5. The summed E-state index contributed by atoms with van der Waals surface area (Å²) >= 11 is 0. The van der Waals surface area contributed by atoms with Crippen LogP contribution in [-0.4, -0.2) is 42.5 Å². The lowest BCUT2D eigenvalue weighted by Crippen LogP contribution is -2.44. The molecule has 2 N–H and O–H groups in total. The third-order valence-corrected chi connectivity index (χ3v) is 5.23. The van der Waals surface area contributed by atoms with Crippen LogP contribution in [0.15, 0.2) is 48.5 Å². The predicted molar refractivity (Wildman–Crippen MR) is 98.6 cm³/mol. The molecule has 0 bridgehead atoms. The molecule has 1 aliphatic heterocycles. The van der Waals surface area contributed by atoms with Crippen LogP contribution in [0.4, 0.5) is 4.79 Å². The van der Waals surface area contributed by atoms with E-state index in [4.69, 9.17) is 14.6 Å². The summed E-state index contributed by atoms with van der Waals surface area (Å²) in [6, 6.07) is 16.1. The highest BCUT2D eigenvalue weighted by Gasteiger charge is 2.31. The molecule has 1 amide bonds. The van der Waals surface area contributed by atoms with Crippen molar-refractivity contribution >= 4 is 12.1 Å². The average Bonchev–Trinajstić information content (AvgIpc) is 3.00. The summed E-state index contributed by atoms with van der Waals surface area (Å²) in [5.74, 6) is -1.00. The topological polar surface area (TPSA) is 84.9 Å². The van der Waals surface area contributed by atoms with Crippen molar-refractivity contribution in [3.8, 4) is 11.1 Å². The highest BCUT2D eigenvalue weighted by molar-refractivity contribution is 5.79. The molecule has 140 valence electrons. The van der Waals surface area contributed by atoms with Crippen LogP contribution in [0.5, 0.6) is 0 Å². The molecule has 1 saturated heterocycles. The van der Waals surface area contributed by atoms with Gasteiger partial charge in [0, 0.05) is 25.0 Å². The second kappa shape index (κ2) is 7.40. The number of ether oxygens (including phenoxy) is 2. The minimum atomic E-state index is -1.01. The van der Waals surface area contributed by atoms with Crippen molar-refractivity contribution in [2.45, 2.75) is 30.9 Å². The molecule has 0 unspecified atom stereocenters. The van der Waals surface area contributed by atoms with E-state index in [0.717, 1.165) is 11.1 Å². The van der Waals surface area contributed by atoms with Crippen LogP contribution in [0.2, 0.25) is 0 Å². The number of aliphatic carboxylic acids is 1. The Balaban J connectivity index is 1.40. The lowest BCUT2D eigenvalue weighted by Gasteiger charge is -2.27. The zero-order chi connectivity index (χ0) is 18.8. The molecule has 0 radical (unpaired) electrons. The van der Waals surface area contributed by atoms with Gasteiger partial charge in [0.1, 0.15) is 6.61 Å². The smallest absolute Gasteiger partial charge is 0.407 e. The number of benzene rings is 2. The van der Waals surface area contributed by atoms with Gasteiger partial charge in [-0.3, -0.25) is 0 Å². The number of carbonyl (C=O) groups is 2. The predicted octanol–water partition coefficient (Wildman–Crippen LogP) is 3.16. The van der Waals surface area contributed by atoms with Crippen LogP contribution < -0.4 is 5.32 Å². The first-order chi connectivity index (χ1) is 13.1. The molecule has 6 nitrogen and oxygen atoms in total. The van der Waals surface area contributed by atoms with Crippen molar-refractivity contribution in [3.63, 3.8) is 0 Å². The molecule has 0 aromatic heterocycles. The van der Waals surface area contributed by atoms with Crippen molar-refractivity contribution < 1.29 is 24.2 Å². The third kappa shape index (κ3) is 3.53. The van der Waals surface area contributed by atoms with Crippen LogP contribution in [0.1, 0.15) is 29.9 Å². The molecule has 4 rings (SSSR count). The van der Waals surface area contributed by atoms with Crippen molar-refractivity contribution in [1.29, 1.82) is 0 Å². The molecule has 2 aromatic rings. The van der Waals surface area contributed by atoms with Gasteiger partial charge in [-0.1, -0.05) is 48.5 Å². The maximum atomic E-state index is 12.2. The highest BCUT2D eigenvalue weighted by Crippen LogP contribution is 2.44. The van der Waals surface area contributed by atoms with E-state index >= 15 is 0 Å². The Bertz CT molecular complexity index is 820. The van der Waals surface area contributed by atoms with E-state index in [-0.39, 0.29) is 25.0 Å². The van der Waals surface area contributed by atoms with Crippen LogP contribution >= 0.6 is 0 Å². The normalized spacial score (nSPS) is 21.2. The fraction of sp³-hybridized carbons (Fsp3) is 0.333. The molecule has 0 spiro atoms. The molecular formula is C21H21NO5. The number of alkyl carbamates (subject to hydrolysis) is 1. The zero-order valence-corrected chi connectivity index (χ0v) is 14.8. The number of carbonyl (C=O) groups excluding carboxylic acids is 1. The summed E-state index contributed by atoms with van der Waals surface area (Å²) in [6.07, 6.45) is -0.571. The van der Waals surface area contributed by atoms with E-state index < -0.39 is 18.2 Å². The minimum absolute atomic E-state index is 0.00427. The Morgan fingerprint density at radius 2 is 1.70 bits per heavy atom. The maximum absolute atomic E-state index is 12.2. The van der Waals surface area contributed by atoms with Gasteiger partial charge in [-0.2, -0.15) is 0 Å². The summed E-state index contributed by atoms with van der Waals surface area (Å²) in [5, 5.41) is 11.8. The Morgan fingerprint density at radius 1 is 1.07 bits per heavy atom. The van der Waals surface area contributed by atoms with Gasteiger partial charge in [-0.15, -0.1) is 0 Å². The first kappa shape index (κ1) is 17.5. The number of rotatable bonds is 4. The van der Waals surface area contributed by atoms with Gasteiger partial charge in [0.15, 0.2) is 6.10 Å². The van der Waals surface area contributed by atoms with Gasteiger partial charge in [0.2, 0.25) is 0 Å². The number of hydrogen-bond acceptors (Lipinski definition) is 4. The van der Waals surface area contributed by atoms with E-state index in [1.165, 1.54) is 11.1 Å². The van der Waals surface area contributed by atoms with Crippen molar-refractivity contribution in [2.75, 3.05) is 13.2 Å². The fourth-order valence-electron chi connectivity index (χ4n) is 3.91. The zero-order valence-electron chi connectivity index (χ0n) is 14.8. The fourth-order valence-corrected chi connectivity index (χ4v) is 3.91. The van der Waals surface area contributed by atoms with Crippen molar-refractivity contribution in [2.24, 2.45) is 0 Å². The Labute approximate surface area is 157 Å². The van der Waals surface area contributed by atoms with Gasteiger partial charge in [0.05, 0.1) is 0 Å². The Kier molecular flexibility index (Phi) is 4.81. The van der Waals surface area contributed by atoms with Crippen molar-refractivity contribution in [1.82, 2.24) is 5.32 Å². The van der Waals surface area contributed by atoms with E-state index in [9.17, 15) is 9.59 Å². The van der Waals surface area contributed by atoms with Crippen LogP contribution in [-0.2, 0) is 14.3 Å². The first-order valence-electron chi connectivity index (χ1n) is 9.09. The van der Waals surface area contributed by atoms with Gasteiger partial charge >= 0.3 is 12.1 Å². The third-order valence-electron chi connectivity index (χ3n) is 5.23. The summed E-state index contributed by atoms with van der Waals surface area (Å²) < 4.78 is 10.7. The maximum Gasteiger partial charge on any atom is 0.407 e. The van der Waals surface area contributed by atoms with Crippen LogP contribution in [0, 0.1) is 0 Å². The largest absolute Gasteiger partial charge is 0.479 e. The number of fused-ring (bicyclic) bond motifs is 3. The summed E-state index contributed by atoms with van der Waals surface area (Å²) in [4.78, 5) is 23.3. The van der Waals surface area contributed by atoms with Crippen LogP contribution in [0.25, 0.3) is 11.1 Å². The quantitative estimate of drug-likeness (QED) is 0.867. The van der Waals surface area contributed by atoms with Gasteiger partial charge < -0.3 is 19.9 Å². The second-order valence-electron chi connectivity index (χ2n) is 6.89. The molecule has 6 heteroatoms. The molecule has 2 aliphatic rings. The molecule has 27 heavy (non-hydrogen) atoms. The van der Waals surface area contributed by atoms with E-state index in [2.05, 4.69) is 29.6 Å². The lowest BCUT2D eigenvalue weighted by molar-refractivity contribution is -0.153. The van der Waals surface area contributed by atoms with E-state index in [1.807, 2.05) is 24.3 Å². The molecule has 0 saturated carbocycles. The monoisotopic (exact) mass is 367 g/mol. The molecule has 2 atom stereocenters. The molecule has 1 aliphatic carbocycles. The number of carboxylic acid groups (broad SMARTS) is 1. The summed E-state index contributed by atoms with van der Waals surface area (Å²) in [6.45, 7) is 0.552. The summed E-state index contributed by atoms with van der Waals surface area (Å²) in [7, 11) is 0. The van der Waals surface area contributed by atoms with Crippen molar-refractivity contribution in [3.05, 3.63) is 59.7 Å². The van der Waals surface area contributed by atoms with E-state index in [0.29, 0.717) is 13.0 Å². The SMILES string of the molecule is O=C(N[C@H]1CCO[C@H](C(=O)O)C1)OCC1c2ccccc2-c2ccccc21. The van der Waals surface area contributed by atoms with E-state index in [1.54, 1.807) is 0 Å². The molecule has 1 fully saturated rings. The van der Waals surface area contributed by atoms with Crippen LogP contribution in [0.3, 0.4) is 0 Å². The minimum Gasteiger partial charge on any atom is -0.479 e. The number of carboxylic acids is 1. The molecule has 2 aromatic carbocycles. The van der Waals surface area contributed by atoms with Gasteiger partial charge in [0.25, 0.3) is 0 Å². The number of nitrogens with one attached hydrogen (secondary N) is 1. The number of hydrogen-bond donors (Lipinski definition) is 2.